The largest absolute Gasteiger partial charge is 0.492 e. The Labute approximate surface area is 161 Å². The van der Waals surface area contributed by atoms with Gasteiger partial charge in [0.1, 0.15) is 12.4 Å². The molecule has 0 bridgehead atoms. The van der Waals surface area contributed by atoms with Gasteiger partial charge < -0.3 is 9.30 Å². The molecule has 2 aromatic heterocycles. The predicted molar refractivity (Wildman–Crippen MR) is 112 cm³/mol. The third kappa shape index (κ3) is 3.09. The lowest BCUT2D eigenvalue weighted by molar-refractivity contribution is 0.301. The first kappa shape index (κ1) is 16.1. The van der Waals surface area contributed by atoms with E-state index in [1.54, 1.807) is 11.3 Å². The van der Waals surface area contributed by atoms with Gasteiger partial charge >= 0.3 is 0 Å². The van der Waals surface area contributed by atoms with E-state index in [2.05, 4.69) is 76.7 Å². The van der Waals surface area contributed by atoms with Gasteiger partial charge in [0.25, 0.3) is 0 Å². The Hall–Kier alpha value is -3.11. The van der Waals surface area contributed by atoms with Gasteiger partial charge in [-0.3, -0.25) is 0 Å². The third-order valence-corrected chi connectivity index (χ3v) is 5.57. The molecule has 5 rings (SSSR count). The van der Waals surface area contributed by atoms with Crippen molar-refractivity contribution < 1.29 is 4.74 Å². The molecule has 5 aromatic rings. The lowest BCUT2D eigenvalue weighted by atomic mass is 10.1. The lowest BCUT2D eigenvalue weighted by Crippen LogP contribution is -2.09. The van der Waals surface area contributed by atoms with Crippen LogP contribution in [-0.2, 0) is 6.54 Å². The van der Waals surface area contributed by atoms with Crippen molar-refractivity contribution in [2.45, 2.75) is 6.54 Å². The SMILES string of the molecule is c1csc(-c2nc3ccccc3n2CCOc2ccc3ccccc3c2)c1. The van der Waals surface area contributed by atoms with Gasteiger partial charge in [0, 0.05) is 0 Å². The molecule has 3 aromatic carbocycles. The van der Waals surface area contributed by atoms with Crippen LogP contribution >= 0.6 is 11.3 Å². The summed E-state index contributed by atoms with van der Waals surface area (Å²) in [6.45, 7) is 1.34. The maximum absolute atomic E-state index is 6.06. The molecular weight excluding hydrogens is 352 g/mol. The highest BCUT2D eigenvalue weighted by atomic mass is 32.1. The van der Waals surface area contributed by atoms with Crippen molar-refractivity contribution in [3.8, 4) is 16.5 Å². The Balaban J connectivity index is 1.41. The van der Waals surface area contributed by atoms with Gasteiger partial charge in [-0.15, -0.1) is 11.3 Å². The highest BCUT2D eigenvalue weighted by molar-refractivity contribution is 7.13. The summed E-state index contributed by atoms with van der Waals surface area (Å²) in [6.07, 6.45) is 0. The van der Waals surface area contributed by atoms with Gasteiger partial charge in [-0.1, -0.05) is 48.5 Å². The van der Waals surface area contributed by atoms with E-state index in [1.807, 2.05) is 12.1 Å². The molecule has 0 atom stereocenters. The molecule has 0 saturated heterocycles. The number of aromatic nitrogens is 2. The van der Waals surface area contributed by atoms with Gasteiger partial charge in [0.2, 0.25) is 0 Å². The van der Waals surface area contributed by atoms with E-state index < -0.39 is 0 Å². The third-order valence-electron chi connectivity index (χ3n) is 4.70. The van der Waals surface area contributed by atoms with Crippen molar-refractivity contribution in [1.82, 2.24) is 9.55 Å². The summed E-state index contributed by atoms with van der Waals surface area (Å²) >= 11 is 1.71. The highest BCUT2D eigenvalue weighted by Gasteiger charge is 2.13. The van der Waals surface area contributed by atoms with E-state index in [0.717, 1.165) is 29.2 Å². The molecule has 0 aliphatic carbocycles. The maximum Gasteiger partial charge on any atom is 0.151 e. The van der Waals surface area contributed by atoms with E-state index in [0.29, 0.717) is 6.61 Å². The first-order chi connectivity index (χ1) is 13.4. The number of hydrogen-bond donors (Lipinski definition) is 0. The molecule has 2 heterocycles. The summed E-state index contributed by atoms with van der Waals surface area (Å²) in [5.41, 5.74) is 2.16. The number of ether oxygens (including phenoxy) is 1. The summed E-state index contributed by atoms with van der Waals surface area (Å²) in [6, 6.07) is 27.0. The second kappa shape index (κ2) is 6.89. The van der Waals surface area contributed by atoms with Gasteiger partial charge in [0.05, 0.1) is 22.5 Å². The molecule has 0 aliphatic rings. The Morgan fingerprint density at radius 2 is 1.70 bits per heavy atom. The minimum absolute atomic E-state index is 0.594. The zero-order chi connectivity index (χ0) is 18.1. The van der Waals surface area contributed by atoms with Crippen molar-refractivity contribution >= 4 is 33.1 Å². The standard InChI is InChI=1S/C23H18N2OS/c1-2-7-18-16-19(12-11-17(18)6-1)26-14-13-25-21-9-4-3-8-20(21)24-23(25)22-10-5-15-27-22/h1-12,15-16H,13-14H2. The molecule has 3 nitrogen and oxygen atoms in total. The minimum atomic E-state index is 0.594. The van der Waals surface area contributed by atoms with Gasteiger partial charge in [-0.25, -0.2) is 4.98 Å². The van der Waals surface area contributed by atoms with Gasteiger partial charge in [-0.05, 0) is 46.5 Å². The predicted octanol–water partition coefficient (Wildman–Crippen LogP) is 6.00. The van der Waals surface area contributed by atoms with Crippen LogP contribution in [0.25, 0.3) is 32.5 Å². The number of fused-ring (bicyclic) bond motifs is 2. The van der Waals surface area contributed by atoms with Gasteiger partial charge in [-0.2, -0.15) is 0 Å². The van der Waals surface area contributed by atoms with Crippen LogP contribution in [0.3, 0.4) is 0 Å². The van der Waals surface area contributed by atoms with Crippen LogP contribution in [0.15, 0.2) is 84.2 Å². The molecule has 0 saturated carbocycles. The summed E-state index contributed by atoms with van der Waals surface area (Å²) < 4.78 is 8.32. The van der Waals surface area contributed by atoms with E-state index >= 15 is 0 Å². The van der Waals surface area contributed by atoms with Crippen LogP contribution < -0.4 is 4.74 Å². The zero-order valence-corrected chi connectivity index (χ0v) is 15.5. The molecule has 0 spiro atoms. The fourth-order valence-corrected chi connectivity index (χ4v) is 4.13. The first-order valence-electron chi connectivity index (χ1n) is 8.99. The number of thiophene rings is 1. The lowest BCUT2D eigenvalue weighted by Gasteiger charge is -2.11. The Kier molecular flexibility index (Phi) is 4.11. The number of benzene rings is 3. The van der Waals surface area contributed by atoms with E-state index in [4.69, 9.17) is 9.72 Å². The summed E-state index contributed by atoms with van der Waals surface area (Å²) in [7, 11) is 0. The van der Waals surface area contributed by atoms with Crippen molar-refractivity contribution in [3.63, 3.8) is 0 Å². The zero-order valence-electron chi connectivity index (χ0n) is 14.7. The normalized spacial score (nSPS) is 11.3. The van der Waals surface area contributed by atoms with Crippen LogP contribution in [0.4, 0.5) is 0 Å². The molecule has 0 radical (unpaired) electrons. The molecule has 4 heteroatoms. The highest BCUT2D eigenvalue weighted by Crippen LogP contribution is 2.28. The summed E-state index contributed by atoms with van der Waals surface area (Å²) in [5, 5.41) is 4.51. The van der Waals surface area contributed by atoms with Crippen molar-refractivity contribution in [1.29, 1.82) is 0 Å². The molecule has 132 valence electrons. The van der Waals surface area contributed by atoms with Crippen molar-refractivity contribution in [2.75, 3.05) is 6.61 Å². The minimum Gasteiger partial charge on any atom is -0.492 e. The molecule has 0 aliphatic heterocycles. The van der Waals surface area contributed by atoms with Crippen molar-refractivity contribution in [2.24, 2.45) is 0 Å². The Morgan fingerprint density at radius 3 is 2.59 bits per heavy atom. The van der Waals surface area contributed by atoms with Gasteiger partial charge in [0.15, 0.2) is 5.82 Å². The van der Waals surface area contributed by atoms with E-state index in [-0.39, 0.29) is 0 Å². The summed E-state index contributed by atoms with van der Waals surface area (Å²) in [5.74, 6) is 1.91. The number of hydrogen-bond acceptors (Lipinski definition) is 3. The topological polar surface area (TPSA) is 27.1 Å². The number of imidazole rings is 1. The molecule has 0 N–H and O–H groups in total. The summed E-state index contributed by atoms with van der Waals surface area (Å²) in [4.78, 5) is 6.02. The second-order valence-corrected chi connectivity index (χ2v) is 7.36. The van der Waals surface area contributed by atoms with Crippen LogP contribution in [0.1, 0.15) is 0 Å². The monoisotopic (exact) mass is 370 g/mol. The molecule has 0 amide bonds. The van der Waals surface area contributed by atoms with E-state index in [1.165, 1.54) is 15.6 Å². The Bertz CT molecular complexity index is 1210. The second-order valence-electron chi connectivity index (χ2n) is 6.41. The molecule has 0 fully saturated rings. The van der Waals surface area contributed by atoms with Crippen LogP contribution in [0, 0.1) is 0 Å². The fraction of sp³-hybridized carbons (Fsp3) is 0.0870. The van der Waals surface area contributed by atoms with Crippen molar-refractivity contribution in [3.05, 3.63) is 84.2 Å². The smallest absolute Gasteiger partial charge is 0.151 e. The average molecular weight is 370 g/mol. The van der Waals surface area contributed by atoms with Crippen LogP contribution in [-0.4, -0.2) is 16.2 Å². The Morgan fingerprint density at radius 1 is 0.852 bits per heavy atom. The van der Waals surface area contributed by atoms with E-state index in [9.17, 15) is 0 Å². The number of para-hydroxylation sites is 2. The average Bonchev–Trinajstić information content (AvgIpc) is 3.36. The molecular formula is C23H18N2OS. The van der Waals surface area contributed by atoms with Crippen LogP contribution in [0.5, 0.6) is 5.75 Å². The number of rotatable bonds is 5. The fourth-order valence-electron chi connectivity index (χ4n) is 3.41. The maximum atomic E-state index is 6.06. The quantitative estimate of drug-likeness (QED) is 0.379. The number of nitrogens with zero attached hydrogens (tertiary/aromatic N) is 2. The molecule has 0 unspecified atom stereocenters. The molecule has 27 heavy (non-hydrogen) atoms. The van der Waals surface area contributed by atoms with Crippen LogP contribution in [0.2, 0.25) is 0 Å². The first-order valence-corrected chi connectivity index (χ1v) is 9.87.